The average Bonchev–Trinajstić information content (AvgIpc) is 3.60. The first-order valence-corrected chi connectivity index (χ1v) is 16.2. The number of esters is 1. The lowest BCUT2D eigenvalue weighted by Gasteiger charge is -2.29. The van der Waals surface area contributed by atoms with Crippen molar-refractivity contribution in [3.63, 3.8) is 0 Å². The Hall–Kier alpha value is -3.33. The SMILES string of the molecule is CCOC(=O)[C@@H](OC(C)(C)C)c1c(C)cc2nc(-c3ccn4ncc(C5CCCCC5)c4n3)sc2c1-c1ccc(Cl)cc1. The lowest BCUT2D eigenvalue weighted by atomic mass is 9.85. The third-order valence-electron chi connectivity index (χ3n) is 7.96. The number of carbonyl (C=O) groups is 1. The van der Waals surface area contributed by atoms with Crippen LogP contribution in [0, 0.1) is 6.92 Å². The van der Waals surface area contributed by atoms with Crippen LogP contribution in [0.4, 0.5) is 0 Å². The second kappa shape index (κ2) is 12.0. The van der Waals surface area contributed by atoms with Crippen molar-refractivity contribution in [2.45, 2.75) is 84.3 Å². The van der Waals surface area contributed by atoms with E-state index >= 15 is 0 Å². The van der Waals surface area contributed by atoms with Crippen LogP contribution in [0.5, 0.6) is 0 Å². The van der Waals surface area contributed by atoms with E-state index in [2.05, 4.69) is 5.10 Å². The first-order chi connectivity index (χ1) is 20.6. The molecular weight excluding hydrogens is 580 g/mol. The number of thiazole rings is 1. The number of benzene rings is 2. The minimum atomic E-state index is -0.917. The van der Waals surface area contributed by atoms with Crippen LogP contribution < -0.4 is 0 Å². The smallest absolute Gasteiger partial charge is 0.339 e. The Morgan fingerprint density at radius 2 is 1.86 bits per heavy atom. The molecule has 3 heterocycles. The predicted octanol–water partition coefficient (Wildman–Crippen LogP) is 9.10. The second-order valence-electron chi connectivity index (χ2n) is 12.2. The van der Waals surface area contributed by atoms with E-state index in [9.17, 15) is 4.79 Å². The molecule has 5 aromatic rings. The van der Waals surface area contributed by atoms with Gasteiger partial charge in [0.25, 0.3) is 0 Å². The molecule has 1 fully saturated rings. The molecule has 0 aliphatic heterocycles. The van der Waals surface area contributed by atoms with E-state index < -0.39 is 17.7 Å². The van der Waals surface area contributed by atoms with Crippen molar-refractivity contribution >= 4 is 44.8 Å². The van der Waals surface area contributed by atoms with E-state index in [1.807, 2.05) is 87.9 Å². The van der Waals surface area contributed by atoms with Crippen LogP contribution in [0.1, 0.15) is 88.5 Å². The number of aryl methyl sites for hydroxylation is 1. The third-order valence-corrected chi connectivity index (χ3v) is 9.32. The number of halogens is 1. The molecular formula is C34H37ClN4O3S. The molecule has 0 unspecified atom stereocenters. The number of aromatic nitrogens is 4. The van der Waals surface area contributed by atoms with Gasteiger partial charge in [-0.3, -0.25) is 0 Å². The maximum atomic E-state index is 13.4. The molecule has 0 radical (unpaired) electrons. The van der Waals surface area contributed by atoms with Crippen LogP contribution in [0.3, 0.4) is 0 Å². The topological polar surface area (TPSA) is 78.6 Å². The summed E-state index contributed by atoms with van der Waals surface area (Å²) in [5, 5.41) is 6.05. The molecule has 9 heteroatoms. The molecule has 43 heavy (non-hydrogen) atoms. The number of carbonyl (C=O) groups excluding carboxylic acids is 1. The highest BCUT2D eigenvalue weighted by Gasteiger charge is 2.33. The molecule has 0 saturated heterocycles. The van der Waals surface area contributed by atoms with Gasteiger partial charge in [-0.15, -0.1) is 11.3 Å². The van der Waals surface area contributed by atoms with Crippen LogP contribution in [0.15, 0.2) is 48.8 Å². The zero-order valence-electron chi connectivity index (χ0n) is 25.3. The van der Waals surface area contributed by atoms with Gasteiger partial charge in [-0.25, -0.2) is 19.3 Å². The first-order valence-electron chi connectivity index (χ1n) is 15.0. The highest BCUT2D eigenvalue weighted by molar-refractivity contribution is 7.22. The largest absolute Gasteiger partial charge is 0.464 e. The first kappa shape index (κ1) is 29.7. The fourth-order valence-electron chi connectivity index (χ4n) is 6.07. The second-order valence-corrected chi connectivity index (χ2v) is 13.7. The maximum Gasteiger partial charge on any atom is 0.339 e. The Balaban J connectivity index is 1.54. The Morgan fingerprint density at radius 1 is 1.12 bits per heavy atom. The summed E-state index contributed by atoms with van der Waals surface area (Å²) in [7, 11) is 0. The van der Waals surface area contributed by atoms with Gasteiger partial charge >= 0.3 is 5.97 Å². The lowest BCUT2D eigenvalue weighted by molar-refractivity contribution is -0.166. The Kier molecular flexibility index (Phi) is 8.28. The highest BCUT2D eigenvalue weighted by atomic mass is 35.5. The standard InChI is InChI=1S/C34H37ClN4O3S/c1-6-41-33(40)29(42-34(3,4)5)27-20(2)18-26-30(28(27)22-12-14-23(35)15-13-22)43-32(38-26)25-16-17-39-31(37-25)24(19-36-39)21-10-8-7-9-11-21/h12-19,21,29H,6-11H2,1-5H3/t29-/m0/s1. The van der Waals surface area contributed by atoms with Gasteiger partial charge in [0.15, 0.2) is 11.8 Å². The van der Waals surface area contributed by atoms with Gasteiger partial charge in [-0.2, -0.15) is 5.10 Å². The van der Waals surface area contributed by atoms with Crippen molar-refractivity contribution in [2.75, 3.05) is 6.61 Å². The molecule has 0 N–H and O–H groups in total. The number of hydrogen-bond acceptors (Lipinski definition) is 7. The van der Waals surface area contributed by atoms with E-state index in [1.165, 1.54) is 37.7 Å². The normalized spacial score (nSPS) is 15.3. The van der Waals surface area contributed by atoms with Crippen LogP contribution in [-0.2, 0) is 14.3 Å². The van der Waals surface area contributed by atoms with Crippen molar-refractivity contribution < 1.29 is 14.3 Å². The van der Waals surface area contributed by atoms with Crippen LogP contribution in [0.2, 0.25) is 5.02 Å². The molecule has 1 aliphatic carbocycles. The summed E-state index contributed by atoms with van der Waals surface area (Å²) >= 11 is 7.87. The number of nitrogens with zero attached hydrogens (tertiary/aromatic N) is 4. The molecule has 3 aromatic heterocycles. The van der Waals surface area contributed by atoms with E-state index in [4.69, 9.17) is 31.0 Å². The lowest BCUT2D eigenvalue weighted by Crippen LogP contribution is -2.29. The van der Waals surface area contributed by atoms with Crippen LogP contribution >= 0.6 is 22.9 Å². The van der Waals surface area contributed by atoms with Gasteiger partial charge in [0.1, 0.15) is 10.7 Å². The number of fused-ring (bicyclic) bond motifs is 2. The predicted molar refractivity (Wildman–Crippen MR) is 173 cm³/mol. The third kappa shape index (κ3) is 6.06. The van der Waals surface area contributed by atoms with Crippen LogP contribution in [-0.4, -0.2) is 37.8 Å². The Morgan fingerprint density at radius 3 is 2.56 bits per heavy atom. The highest BCUT2D eigenvalue weighted by Crippen LogP contribution is 2.44. The molecule has 0 spiro atoms. The summed E-state index contributed by atoms with van der Waals surface area (Å²) in [6, 6.07) is 11.7. The maximum absolute atomic E-state index is 13.4. The van der Waals surface area contributed by atoms with Crippen molar-refractivity contribution in [3.05, 3.63) is 70.5 Å². The van der Waals surface area contributed by atoms with E-state index in [1.54, 1.807) is 11.3 Å². The van der Waals surface area contributed by atoms with E-state index in [-0.39, 0.29) is 6.61 Å². The van der Waals surface area contributed by atoms with Gasteiger partial charge in [-0.05, 0) is 88.8 Å². The molecule has 0 bridgehead atoms. The van der Waals surface area contributed by atoms with Crippen molar-refractivity contribution in [1.29, 1.82) is 0 Å². The zero-order chi connectivity index (χ0) is 30.3. The molecule has 1 atom stereocenters. The Labute approximate surface area is 261 Å². The van der Waals surface area contributed by atoms with Crippen molar-refractivity contribution in [2.24, 2.45) is 0 Å². The van der Waals surface area contributed by atoms with E-state index in [0.29, 0.717) is 10.9 Å². The quantitative estimate of drug-likeness (QED) is 0.170. The summed E-state index contributed by atoms with van der Waals surface area (Å²) in [6.07, 6.45) is 9.20. The molecule has 224 valence electrons. The molecule has 1 saturated carbocycles. The summed E-state index contributed by atoms with van der Waals surface area (Å²) < 4.78 is 14.8. The minimum absolute atomic E-state index is 0.261. The molecule has 2 aromatic carbocycles. The van der Waals surface area contributed by atoms with Crippen LogP contribution in [0.25, 0.3) is 37.7 Å². The zero-order valence-corrected chi connectivity index (χ0v) is 26.9. The molecule has 1 aliphatic rings. The molecule has 7 nitrogen and oxygen atoms in total. The van der Waals surface area contributed by atoms with Gasteiger partial charge in [0, 0.05) is 27.9 Å². The van der Waals surface area contributed by atoms with Crippen molar-refractivity contribution in [3.8, 4) is 21.8 Å². The molecule has 0 amide bonds. The number of hydrogen-bond donors (Lipinski definition) is 0. The Bertz CT molecular complexity index is 1780. The van der Waals surface area contributed by atoms with Gasteiger partial charge in [0.2, 0.25) is 0 Å². The number of rotatable bonds is 7. The van der Waals surface area contributed by atoms with Gasteiger partial charge in [0.05, 0.1) is 28.6 Å². The average molecular weight is 617 g/mol. The minimum Gasteiger partial charge on any atom is -0.464 e. The molecule has 6 rings (SSSR count). The van der Waals surface area contributed by atoms with Crippen molar-refractivity contribution in [1.82, 2.24) is 19.6 Å². The fraction of sp³-hybridized carbons (Fsp3) is 0.412. The van der Waals surface area contributed by atoms with E-state index in [0.717, 1.165) is 48.8 Å². The monoisotopic (exact) mass is 616 g/mol. The summed E-state index contributed by atoms with van der Waals surface area (Å²) in [4.78, 5) is 23.6. The van der Waals surface area contributed by atoms with Gasteiger partial charge < -0.3 is 9.47 Å². The summed E-state index contributed by atoms with van der Waals surface area (Å²) in [5.74, 6) is 0.0802. The number of ether oxygens (including phenoxy) is 2. The fourth-order valence-corrected chi connectivity index (χ4v) is 7.29. The summed E-state index contributed by atoms with van der Waals surface area (Å²) in [6.45, 7) is 9.90. The van der Waals surface area contributed by atoms with Gasteiger partial charge in [-0.1, -0.05) is 43.0 Å². The summed E-state index contributed by atoms with van der Waals surface area (Å²) in [5.41, 5.74) is 6.68.